The molecule has 0 amide bonds. The van der Waals surface area contributed by atoms with E-state index in [4.69, 9.17) is 22.1 Å². The van der Waals surface area contributed by atoms with Gasteiger partial charge in [-0.25, -0.2) is 9.67 Å². The van der Waals surface area contributed by atoms with Gasteiger partial charge in [-0.3, -0.25) is 4.79 Å². The van der Waals surface area contributed by atoms with Crippen molar-refractivity contribution >= 4 is 50.6 Å². The van der Waals surface area contributed by atoms with Crippen LogP contribution in [0.15, 0.2) is 41.9 Å². The average Bonchev–Trinajstić information content (AvgIpc) is 3.66. The molecular formula is C28H26ClF3N6O3S. The molecule has 220 valence electrons. The number of hydrogen-bond donors (Lipinski definition) is 3. The molecule has 4 heterocycles. The number of ether oxygens (including phenoxy) is 1. The zero-order valence-electron chi connectivity index (χ0n) is 22.3. The van der Waals surface area contributed by atoms with Gasteiger partial charge in [0.2, 0.25) is 17.9 Å². The van der Waals surface area contributed by atoms with Crippen molar-refractivity contribution in [3.05, 3.63) is 63.8 Å². The SMILES string of the molecule is Cc1ccn(-c2cc(Cl)ccc2C(Oc2nc(N)nc3c(C4=CCC5(CC4)CNC(C(=O)O)C5)csc23)C(F)(F)F)n1. The third-order valence-corrected chi connectivity index (χ3v) is 9.08. The molecule has 42 heavy (non-hydrogen) atoms. The molecule has 0 bridgehead atoms. The number of nitrogens with two attached hydrogens (primary N) is 1. The lowest BCUT2D eigenvalue weighted by molar-refractivity contribution is -0.198. The van der Waals surface area contributed by atoms with E-state index in [2.05, 4.69) is 26.5 Å². The molecule has 1 aromatic carbocycles. The molecule has 2 aliphatic rings. The summed E-state index contributed by atoms with van der Waals surface area (Å²) in [5.41, 5.74) is 8.56. The number of carboxylic acids is 1. The van der Waals surface area contributed by atoms with E-state index in [9.17, 15) is 23.1 Å². The zero-order chi connectivity index (χ0) is 29.8. The number of thiophene rings is 1. The van der Waals surface area contributed by atoms with Crippen LogP contribution in [0.5, 0.6) is 5.88 Å². The number of fused-ring (bicyclic) bond motifs is 1. The van der Waals surface area contributed by atoms with Crippen LogP contribution in [-0.4, -0.2) is 49.6 Å². The first-order valence-corrected chi connectivity index (χ1v) is 14.4. The van der Waals surface area contributed by atoms with Crippen molar-refractivity contribution in [3.63, 3.8) is 0 Å². The summed E-state index contributed by atoms with van der Waals surface area (Å²) in [6, 6.07) is 5.15. The number of allylic oxidation sites excluding steroid dienone is 2. The van der Waals surface area contributed by atoms with Gasteiger partial charge in [0.15, 0.2) is 0 Å². The largest absolute Gasteiger partial charge is 0.480 e. The van der Waals surface area contributed by atoms with Gasteiger partial charge in [0.05, 0.1) is 16.9 Å². The van der Waals surface area contributed by atoms with Gasteiger partial charge >= 0.3 is 12.1 Å². The first-order chi connectivity index (χ1) is 19.9. The van der Waals surface area contributed by atoms with E-state index in [1.807, 2.05) is 5.38 Å². The minimum absolute atomic E-state index is 0.121. The fourth-order valence-corrected chi connectivity index (χ4v) is 6.87. The number of anilines is 1. The Labute approximate surface area is 247 Å². The summed E-state index contributed by atoms with van der Waals surface area (Å²) >= 11 is 7.34. The lowest BCUT2D eigenvalue weighted by atomic mass is 9.72. The molecule has 1 saturated heterocycles. The maximum absolute atomic E-state index is 14.6. The number of benzene rings is 1. The Morgan fingerprint density at radius 2 is 2.14 bits per heavy atom. The number of rotatable bonds is 6. The van der Waals surface area contributed by atoms with Crippen LogP contribution in [0.3, 0.4) is 0 Å². The number of nitrogen functional groups attached to an aromatic ring is 1. The van der Waals surface area contributed by atoms with Gasteiger partial charge in [-0.1, -0.05) is 23.7 Å². The van der Waals surface area contributed by atoms with Crippen molar-refractivity contribution in [1.29, 1.82) is 0 Å². The van der Waals surface area contributed by atoms with E-state index in [1.165, 1.54) is 34.2 Å². The maximum atomic E-state index is 14.6. The van der Waals surface area contributed by atoms with Crippen molar-refractivity contribution in [1.82, 2.24) is 25.1 Å². The van der Waals surface area contributed by atoms with Crippen LogP contribution in [0.25, 0.3) is 21.5 Å². The summed E-state index contributed by atoms with van der Waals surface area (Å²) < 4.78 is 51.1. The molecule has 1 fully saturated rings. The van der Waals surface area contributed by atoms with Gasteiger partial charge in [-0.05, 0) is 61.8 Å². The first-order valence-electron chi connectivity index (χ1n) is 13.2. The summed E-state index contributed by atoms with van der Waals surface area (Å²) in [6.45, 7) is 2.35. The van der Waals surface area contributed by atoms with Gasteiger partial charge in [-0.15, -0.1) is 11.3 Å². The number of halogens is 4. The second-order valence-electron chi connectivity index (χ2n) is 10.8. The van der Waals surface area contributed by atoms with Crippen LogP contribution < -0.4 is 15.8 Å². The molecule has 3 aromatic heterocycles. The van der Waals surface area contributed by atoms with E-state index in [0.717, 1.165) is 17.6 Å². The van der Waals surface area contributed by atoms with Gasteiger partial charge < -0.3 is 20.9 Å². The normalized spacial score (nSPS) is 21.5. The minimum atomic E-state index is -4.82. The Balaban J connectivity index is 1.35. The molecule has 9 nitrogen and oxygen atoms in total. The molecule has 0 saturated carbocycles. The van der Waals surface area contributed by atoms with Crippen molar-refractivity contribution < 1.29 is 27.8 Å². The molecule has 1 spiro atoms. The topological polar surface area (TPSA) is 128 Å². The standard InChI is InChI=1S/C28H26ClF3N6O3S/c1-14-6-9-38(37-14)20-10-16(29)2-3-17(20)23(28(30,31)32)41-24-22-21(35-26(33)36-24)18(12-42-22)15-4-7-27(8-5-15)11-19(25(39)40)34-13-27/h2-4,6,9-10,12,19,23,34H,5,7-8,11,13H2,1H3,(H,39,40)(H2,33,35,36). The lowest BCUT2D eigenvalue weighted by Crippen LogP contribution is -2.30. The van der Waals surface area contributed by atoms with E-state index in [0.29, 0.717) is 41.7 Å². The molecular weight excluding hydrogens is 593 g/mol. The Hall–Kier alpha value is -3.68. The second kappa shape index (κ2) is 10.5. The Morgan fingerprint density at radius 3 is 2.79 bits per heavy atom. The molecule has 3 atom stereocenters. The maximum Gasteiger partial charge on any atom is 0.429 e. The van der Waals surface area contributed by atoms with Crippen LogP contribution in [0.4, 0.5) is 19.1 Å². The quantitative estimate of drug-likeness (QED) is 0.236. The van der Waals surface area contributed by atoms with Crippen LogP contribution in [-0.2, 0) is 4.79 Å². The molecule has 1 aliphatic heterocycles. The van der Waals surface area contributed by atoms with Crippen LogP contribution in [0.2, 0.25) is 5.02 Å². The fraction of sp³-hybridized carbons (Fsp3) is 0.357. The summed E-state index contributed by atoms with van der Waals surface area (Å²) in [5.74, 6) is -1.34. The second-order valence-corrected chi connectivity index (χ2v) is 12.1. The number of hydrogen-bond acceptors (Lipinski definition) is 8. The predicted molar refractivity (Wildman–Crippen MR) is 153 cm³/mol. The lowest BCUT2D eigenvalue weighted by Gasteiger charge is -2.31. The van der Waals surface area contributed by atoms with Gasteiger partial charge in [-0.2, -0.15) is 23.3 Å². The highest BCUT2D eigenvalue weighted by atomic mass is 35.5. The number of carboxylic acid groups (broad SMARTS) is 1. The Bertz CT molecular complexity index is 1720. The van der Waals surface area contributed by atoms with Crippen LogP contribution >= 0.6 is 22.9 Å². The van der Waals surface area contributed by atoms with Crippen molar-refractivity contribution in [3.8, 4) is 11.6 Å². The molecule has 1 aliphatic carbocycles. The van der Waals surface area contributed by atoms with Gasteiger partial charge in [0.25, 0.3) is 0 Å². The van der Waals surface area contributed by atoms with Gasteiger partial charge in [0.1, 0.15) is 10.7 Å². The summed E-state index contributed by atoms with van der Waals surface area (Å²) in [5, 5.41) is 18.8. The summed E-state index contributed by atoms with van der Waals surface area (Å²) in [6.07, 6.45) is -0.920. The molecule has 4 N–H and O–H groups in total. The van der Waals surface area contributed by atoms with Crippen molar-refractivity contribution in [2.75, 3.05) is 12.3 Å². The highest BCUT2D eigenvalue weighted by Crippen LogP contribution is 2.47. The van der Waals surface area contributed by atoms with E-state index in [1.54, 1.807) is 19.2 Å². The molecule has 4 aromatic rings. The minimum Gasteiger partial charge on any atom is -0.480 e. The third-order valence-electron chi connectivity index (χ3n) is 7.88. The molecule has 6 rings (SSSR count). The number of alkyl halides is 3. The van der Waals surface area contributed by atoms with E-state index in [-0.39, 0.29) is 33.5 Å². The van der Waals surface area contributed by atoms with E-state index >= 15 is 0 Å². The van der Waals surface area contributed by atoms with Crippen molar-refractivity contribution in [2.45, 2.75) is 50.9 Å². The predicted octanol–water partition coefficient (Wildman–Crippen LogP) is 6.10. The van der Waals surface area contributed by atoms with E-state index < -0.39 is 24.3 Å². The Morgan fingerprint density at radius 1 is 1.33 bits per heavy atom. The molecule has 3 unspecified atom stereocenters. The van der Waals surface area contributed by atoms with Crippen LogP contribution in [0.1, 0.15) is 48.6 Å². The monoisotopic (exact) mass is 618 g/mol. The number of aryl methyl sites for hydroxylation is 1. The number of carbonyl (C=O) groups is 1. The number of aromatic nitrogens is 4. The molecule has 14 heteroatoms. The third kappa shape index (κ3) is 5.32. The van der Waals surface area contributed by atoms with Crippen LogP contribution in [0, 0.1) is 12.3 Å². The first kappa shape index (κ1) is 28.4. The molecule has 0 radical (unpaired) electrons. The highest BCUT2D eigenvalue weighted by Gasteiger charge is 2.46. The van der Waals surface area contributed by atoms with Crippen molar-refractivity contribution in [2.24, 2.45) is 5.41 Å². The number of aliphatic carboxylic acids is 1. The smallest absolute Gasteiger partial charge is 0.429 e. The summed E-state index contributed by atoms with van der Waals surface area (Å²) in [4.78, 5) is 19.9. The average molecular weight is 619 g/mol. The number of nitrogens with one attached hydrogen (secondary N) is 1. The van der Waals surface area contributed by atoms with Gasteiger partial charge in [0, 0.05) is 34.3 Å². The summed E-state index contributed by atoms with van der Waals surface area (Å²) in [7, 11) is 0. The highest BCUT2D eigenvalue weighted by molar-refractivity contribution is 7.17. The Kier molecular flexibility index (Phi) is 7.14. The number of nitrogens with zero attached hydrogens (tertiary/aromatic N) is 4. The fourth-order valence-electron chi connectivity index (χ4n) is 5.75. The zero-order valence-corrected chi connectivity index (χ0v) is 23.9.